The van der Waals surface area contributed by atoms with E-state index < -0.39 is 0 Å². The number of halogens is 1. The Balaban J connectivity index is 1.71. The largest absolute Gasteiger partial charge is 0.394 e. The molecule has 2 N–H and O–H groups in total. The summed E-state index contributed by atoms with van der Waals surface area (Å²) in [5.74, 6) is 1.33. The lowest BCUT2D eigenvalue weighted by Crippen LogP contribution is -2.33. The number of anilines is 2. The van der Waals surface area contributed by atoms with Crippen LogP contribution in [0.2, 0.25) is 0 Å². The number of aromatic nitrogens is 2. The zero-order valence-corrected chi connectivity index (χ0v) is 14.7. The molecule has 1 aromatic carbocycles. The van der Waals surface area contributed by atoms with Crippen LogP contribution < -0.4 is 10.2 Å². The van der Waals surface area contributed by atoms with E-state index >= 15 is 0 Å². The summed E-state index contributed by atoms with van der Waals surface area (Å²) in [4.78, 5) is 10.7. The Morgan fingerprint density at radius 3 is 2.88 bits per heavy atom. The van der Waals surface area contributed by atoms with Crippen molar-refractivity contribution < 1.29 is 9.50 Å². The lowest BCUT2D eigenvalue weighted by molar-refractivity contribution is 0.266. The molecule has 1 aromatic heterocycles. The summed E-state index contributed by atoms with van der Waals surface area (Å²) in [6.45, 7) is 5.58. The van der Waals surface area contributed by atoms with E-state index in [1.165, 1.54) is 12.4 Å². The molecular weight excluding hydrogens is 319 g/mol. The molecule has 1 unspecified atom stereocenters. The summed E-state index contributed by atoms with van der Waals surface area (Å²) in [5.41, 5.74) is 0.300. The Morgan fingerprint density at radius 1 is 1.32 bits per heavy atom. The van der Waals surface area contributed by atoms with Crippen molar-refractivity contribution in [1.29, 1.82) is 0 Å². The van der Waals surface area contributed by atoms with Crippen LogP contribution in [0.1, 0.15) is 32.3 Å². The highest BCUT2D eigenvalue weighted by molar-refractivity contribution is 5.50. The summed E-state index contributed by atoms with van der Waals surface area (Å²) in [6, 6.07) is 8.88. The van der Waals surface area contributed by atoms with Crippen molar-refractivity contribution in [3.8, 4) is 0 Å². The van der Waals surface area contributed by atoms with E-state index in [0.29, 0.717) is 17.9 Å². The smallest absolute Gasteiger partial charge is 0.134 e. The molecule has 0 amide bonds. The van der Waals surface area contributed by atoms with Gasteiger partial charge in [-0.15, -0.1) is 0 Å². The minimum Gasteiger partial charge on any atom is -0.394 e. The number of nitrogens with zero attached hydrogens (tertiary/aromatic N) is 3. The van der Waals surface area contributed by atoms with Crippen LogP contribution >= 0.6 is 0 Å². The molecule has 0 spiro atoms. The van der Waals surface area contributed by atoms with Crippen LogP contribution in [0.5, 0.6) is 0 Å². The predicted molar refractivity (Wildman–Crippen MR) is 97.4 cm³/mol. The maximum Gasteiger partial charge on any atom is 0.134 e. The van der Waals surface area contributed by atoms with Crippen LogP contribution in [0, 0.1) is 5.82 Å². The Labute approximate surface area is 147 Å². The monoisotopic (exact) mass is 344 g/mol. The van der Waals surface area contributed by atoms with Crippen LogP contribution in [0.25, 0.3) is 0 Å². The lowest BCUT2D eigenvalue weighted by Gasteiger charge is -2.27. The van der Waals surface area contributed by atoms with Gasteiger partial charge in [0, 0.05) is 24.6 Å². The van der Waals surface area contributed by atoms with E-state index in [9.17, 15) is 9.50 Å². The average Bonchev–Trinajstić information content (AvgIpc) is 3.09. The average molecular weight is 344 g/mol. The summed E-state index contributed by atoms with van der Waals surface area (Å²) in [5, 5.41) is 12.8. The molecule has 134 valence electrons. The Bertz CT molecular complexity index is 722. The van der Waals surface area contributed by atoms with Gasteiger partial charge >= 0.3 is 0 Å². The van der Waals surface area contributed by atoms with Gasteiger partial charge in [-0.3, -0.25) is 0 Å². The fraction of sp³-hybridized carbons (Fsp3) is 0.474. The van der Waals surface area contributed by atoms with Gasteiger partial charge in [-0.05, 0) is 24.5 Å². The topological polar surface area (TPSA) is 61.3 Å². The molecule has 5 nitrogen and oxygen atoms in total. The van der Waals surface area contributed by atoms with E-state index in [1.807, 2.05) is 32.0 Å². The highest BCUT2D eigenvalue weighted by Gasteiger charge is 2.26. The molecule has 1 fully saturated rings. The van der Waals surface area contributed by atoms with Gasteiger partial charge in [0.1, 0.15) is 23.8 Å². The van der Waals surface area contributed by atoms with E-state index in [-0.39, 0.29) is 23.9 Å². The van der Waals surface area contributed by atoms with Crippen molar-refractivity contribution in [1.82, 2.24) is 9.97 Å². The summed E-state index contributed by atoms with van der Waals surface area (Å²) in [7, 11) is 0. The molecule has 3 rings (SSSR count). The Morgan fingerprint density at radius 2 is 2.12 bits per heavy atom. The number of hydrogen-bond donors (Lipinski definition) is 2. The number of aliphatic hydroxyl groups is 1. The second-order valence-electron chi connectivity index (χ2n) is 7.15. The van der Waals surface area contributed by atoms with E-state index in [4.69, 9.17) is 0 Å². The minimum atomic E-state index is -0.377. The first-order valence-electron chi connectivity index (χ1n) is 8.70. The molecule has 0 aliphatic carbocycles. The van der Waals surface area contributed by atoms with Crippen LogP contribution in [-0.2, 0) is 5.41 Å². The summed E-state index contributed by atoms with van der Waals surface area (Å²) < 4.78 is 14.1. The highest BCUT2D eigenvalue weighted by Crippen LogP contribution is 2.27. The fourth-order valence-corrected chi connectivity index (χ4v) is 3.34. The zero-order valence-electron chi connectivity index (χ0n) is 14.7. The first-order chi connectivity index (χ1) is 12.0. The summed E-state index contributed by atoms with van der Waals surface area (Å²) >= 11 is 0. The third kappa shape index (κ3) is 3.90. The second kappa shape index (κ2) is 7.35. The first-order valence-corrected chi connectivity index (χ1v) is 8.70. The number of rotatable bonds is 6. The maximum atomic E-state index is 14.1. The molecule has 1 atom stereocenters. The van der Waals surface area contributed by atoms with Crippen molar-refractivity contribution in [3.05, 3.63) is 48.0 Å². The third-order valence-corrected chi connectivity index (χ3v) is 4.85. The molecule has 1 aliphatic heterocycles. The number of nitrogens with one attached hydrogen (secondary N) is 1. The van der Waals surface area contributed by atoms with Gasteiger partial charge in [0.05, 0.1) is 12.6 Å². The normalized spacial score (nSPS) is 17.8. The van der Waals surface area contributed by atoms with Crippen LogP contribution in [0.4, 0.5) is 16.0 Å². The molecule has 0 radical (unpaired) electrons. The Hall–Kier alpha value is -2.21. The quantitative estimate of drug-likeness (QED) is 0.844. The molecule has 2 aromatic rings. The van der Waals surface area contributed by atoms with Gasteiger partial charge in [0.2, 0.25) is 0 Å². The highest BCUT2D eigenvalue weighted by atomic mass is 19.1. The zero-order chi connectivity index (χ0) is 17.9. The van der Waals surface area contributed by atoms with Crippen molar-refractivity contribution >= 4 is 11.6 Å². The minimum absolute atomic E-state index is 0.123. The second-order valence-corrected chi connectivity index (χ2v) is 7.15. The SMILES string of the molecule is CC(C)(CNc1cc(N2CCCC2CO)ncn1)c1ccccc1F. The predicted octanol–water partition coefficient (Wildman–Crippen LogP) is 2.97. The van der Waals surface area contributed by atoms with Crippen LogP contribution in [-0.4, -0.2) is 40.8 Å². The molecule has 0 saturated carbocycles. The van der Waals surface area contributed by atoms with E-state index in [1.54, 1.807) is 6.07 Å². The summed E-state index contributed by atoms with van der Waals surface area (Å²) in [6.07, 6.45) is 3.56. The lowest BCUT2D eigenvalue weighted by atomic mass is 9.84. The van der Waals surface area contributed by atoms with Crippen molar-refractivity contribution in [2.75, 3.05) is 29.9 Å². The number of aliphatic hydroxyl groups excluding tert-OH is 1. The molecule has 1 aliphatic rings. The van der Waals surface area contributed by atoms with Crippen LogP contribution in [0.3, 0.4) is 0 Å². The maximum absolute atomic E-state index is 14.1. The van der Waals surface area contributed by atoms with Crippen molar-refractivity contribution in [3.63, 3.8) is 0 Å². The molecule has 1 saturated heterocycles. The van der Waals surface area contributed by atoms with E-state index in [0.717, 1.165) is 25.2 Å². The first kappa shape index (κ1) is 17.6. The van der Waals surface area contributed by atoms with Gasteiger partial charge in [-0.2, -0.15) is 0 Å². The van der Waals surface area contributed by atoms with Gasteiger partial charge in [-0.1, -0.05) is 32.0 Å². The molecule has 2 heterocycles. The van der Waals surface area contributed by atoms with Gasteiger partial charge in [0.15, 0.2) is 0 Å². The standard InChI is InChI=1S/C19H25FN4O/c1-19(2,15-7-3-4-8-16(15)20)12-21-17-10-18(23-13-22-17)24-9-5-6-14(24)11-25/h3-4,7-8,10,13-14,25H,5-6,9,11-12H2,1-2H3,(H,21,22,23). The number of hydrogen-bond acceptors (Lipinski definition) is 5. The van der Waals surface area contributed by atoms with Crippen molar-refractivity contribution in [2.24, 2.45) is 0 Å². The van der Waals surface area contributed by atoms with E-state index in [2.05, 4.69) is 20.2 Å². The molecule has 25 heavy (non-hydrogen) atoms. The molecule has 6 heteroatoms. The van der Waals surface area contributed by atoms with Gasteiger partial charge in [-0.25, -0.2) is 14.4 Å². The van der Waals surface area contributed by atoms with Crippen LogP contribution in [0.15, 0.2) is 36.7 Å². The van der Waals surface area contributed by atoms with Gasteiger partial charge in [0.25, 0.3) is 0 Å². The van der Waals surface area contributed by atoms with Crippen molar-refractivity contribution in [2.45, 2.75) is 38.1 Å². The fourth-order valence-electron chi connectivity index (χ4n) is 3.34. The molecular formula is C19H25FN4O. The van der Waals surface area contributed by atoms with Gasteiger partial charge < -0.3 is 15.3 Å². The third-order valence-electron chi connectivity index (χ3n) is 4.85. The molecule has 0 bridgehead atoms. The Kier molecular flexibility index (Phi) is 5.18. The number of benzene rings is 1.